The molecule has 0 saturated heterocycles. The van der Waals surface area contributed by atoms with Gasteiger partial charge >= 0.3 is 11.9 Å². The normalized spacial score (nSPS) is 25.7. The van der Waals surface area contributed by atoms with Crippen molar-refractivity contribution in [1.82, 2.24) is 0 Å². The van der Waals surface area contributed by atoms with E-state index in [1.807, 2.05) is 26.0 Å². The van der Waals surface area contributed by atoms with Gasteiger partial charge in [0.05, 0.1) is 0 Å². The second-order valence-corrected chi connectivity index (χ2v) is 6.04. The molecular weight excluding hydrogens is 256 g/mol. The number of hydrogen-bond acceptors (Lipinski definition) is 4. The smallest absolute Gasteiger partial charge is 0.311 e. The van der Waals surface area contributed by atoms with Gasteiger partial charge in [-0.1, -0.05) is 13.8 Å². The molecule has 2 unspecified atom stereocenters. The standard InChI is InChI=1S/C16H18O4/c1-9-3-11-7-14-12(4-10(2)6-16(18)20-14)8-13(11)19-15(17)5-9/h7-10H,3-6H2,1-2H3. The molecule has 2 atom stereocenters. The average molecular weight is 274 g/mol. The first-order valence-corrected chi connectivity index (χ1v) is 7.08. The van der Waals surface area contributed by atoms with Crippen LogP contribution in [0.4, 0.5) is 0 Å². The van der Waals surface area contributed by atoms with E-state index in [0.29, 0.717) is 24.3 Å². The highest BCUT2D eigenvalue weighted by Crippen LogP contribution is 2.36. The predicted molar refractivity (Wildman–Crippen MR) is 72.7 cm³/mol. The third-order valence-corrected chi connectivity index (χ3v) is 3.86. The molecule has 2 aliphatic heterocycles. The third kappa shape index (κ3) is 2.55. The van der Waals surface area contributed by atoms with Crippen LogP contribution in [0, 0.1) is 11.8 Å². The van der Waals surface area contributed by atoms with Crippen LogP contribution in [0.15, 0.2) is 12.1 Å². The van der Waals surface area contributed by atoms with Crippen LogP contribution in [0.5, 0.6) is 11.5 Å². The van der Waals surface area contributed by atoms with Gasteiger partial charge in [0, 0.05) is 12.8 Å². The van der Waals surface area contributed by atoms with Crippen molar-refractivity contribution < 1.29 is 19.1 Å². The van der Waals surface area contributed by atoms with E-state index in [0.717, 1.165) is 24.0 Å². The molecule has 0 aromatic heterocycles. The molecule has 0 bridgehead atoms. The van der Waals surface area contributed by atoms with E-state index in [1.54, 1.807) is 0 Å². The third-order valence-electron chi connectivity index (χ3n) is 3.86. The Kier molecular flexibility index (Phi) is 3.24. The molecule has 2 heterocycles. The van der Waals surface area contributed by atoms with Crippen LogP contribution in [0.25, 0.3) is 0 Å². The summed E-state index contributed by atoms with van der Waals surface area (Å²) in [4.78, 5) is 23.4. The minimum absolute atomic E-state index is 0.185. The first-order valence-electron chi connectivity index (χ1n) is 7.08. The Morgan fingerprint density at radius 2 is 1.20 bits per heavy atom. The van der Waals surface area contributed by atoms with Crippen molar-refractivity contribution in [3.8, 4) is 11.5 Å². The van der Waals surface area contributed by atoms with Gasteiger partial charge in [0.25, 0.3) is 0 Å². The monoisotopic (exact) mass is 274 g/mol. The summed E-state index contributed by atoms with van der Waals surface area (Å²) in [5.74, 6) is 1.36. The highest BCUT2D eigenvalue weighted by molar-refractivity contribution is 5.76. The number of benzene rings is 1. The SMILES string of the molecule is CC1CC(=O)Oc2cc3c(cc2C1)OC(=O)CC(C)C3. The highest BCUT2D eigenvalue weighted by Gasteiger charge is 2.26. The number of carbonyl (C=O) groups is 2. The van der Waals surface area contributed by atoms with Crippen molar-refractivity contribution in [2.45, 2.75) is 39.5 Å². The van der Waals surface area contributed by atoms with Crippen molar-refractivity contribution in [3.05, 3.63) is 23.3 Å². The van der Waals surface area contributed by atoms with Gasteiger partial charge in [-0.15, -0.1) is 0 Å². The number of fused-ring (bicyclic) bond motifs is 2. The molecule has 0 spiro atoms. The van der Waals surface area contributed by atoms with Crippen molar-refractivity contribution in [3.63, 3.8) is 0 Å². The first-order chi connectivity index (χ1) is 9.51. The highest BCUT2D eigenvalue weighted by atomic mass is 16.5. The molecule has 0 aliphatic carbocycles. The number of esters is 2. The second-order valence-electron chi connectivity index (χ2n) is 6.04. The van der Waals surface area contributed by atoms with Gasteiger partial charge in [0.1, 0.15) is 11.5 Å². The van der Waals surface area contributed by atoms with Crippen molar-refractivity contribution >= 4 is 11.9 Å². The summed E-state index contributed by atoms with van der Waals surface area (Å²) in [5, 5.41) is 0. The van der Waals surface area contributed by atoms with Gasteiger partial charge in [-0.2, -0.15) is 0 Å². The van der Waals surface area contributed by atoms with Crippen LogP contribution in [0.1, 0.15) is 37.8 Å². The summed E-state index contributed by atoms with van der Waals surface area (Å²) in [6, 6.07) is 3.74. The van der Waals surface area contributed by atoms with Gasteiger partial charge < -0.3 is 9.47 Å². The minimum atomic E-state index is -0.185. The van der Waals surface area contributed by atoms with E-state index in [1.165, 1.54) is 0 Å². The van der Waals surface area contributed by atoms with E-state index in [9.17, 15) is 9.59 Å². The Bertz CT molecular complexity index is 524. The lowest BCUT2D eigenvalue weighted by atomic mass is 9.94. The zero-order chi connectivity index (χ0) is 14.3. The van der Waals surface area contributed by atoms with Crippen molar-refractivity contribution in [2.75, 3.05) is 0 Å². The fraction of sp³-hybridized carbons (Fsp3) is 0.500. The van der Waals surface area contributed by atoms with Gasteiger partial charge in [0.15, 0.2) is 0 Å². The predicted octanol–water partition coefficient (Wildman–Crippen LogP) is 2.66. The summed E-state index contributed by atoms with van der Waals surface area (Å²) < 4.78 is 10.8. The second kappa shape index (κ2) is 4.93. The molecule has 0 amide bonds. The molecule has 3 rings (SSSR count). The van der Waals surface area contributed by atoms with E-state index in [2.05, 4.69) is 0 Å². The molecule has 0 fully saturated rings. The zero-order valence-electron chi connectivity index (χ0n) is 11.8. The zero-order valence-corrected chi connectivity index (χ0v) is 11.8. The molecule has 106 valence electrons. The Morgan fingerprint density at radius 1 is 0.800 bits per heavy atom. The van der Waals surface area contributed by atoms with Crippen molar-refractivity contribution in [2.24, 2.45) is 11.8 Å². The average Bonchev–Trinajstić information content (AvgIpc) is 2.53. The fourth-order valence-electron chi connectivity index (χ4n) is 2.95. The quantitative estimate of drug-likeness (QED) is 0.539. The number of hydrogen-bond donors (Lipinski definition) is 0. The van der Waals surface area contributed by atoms with E-state index < -0.39 is 0 Å². The maximum atomic E-state index is 11.7. The lowest BCUT2D eigenvalue weighted by molar-refractivity contribution is -0.135. The van der Waals surface area contributed by atoms with Gasteiger partial charge in [-0.3, -0.25) is 9.59 Å². The van der Waals surface area contributed by atoms with Crippen LogP contribution >= 0.6 is 0 Å². The number of rotatable bonds is 0. The maximum absolute atomic E-state index is 11.7. The molecule has 20 heavy (non-hydrogen) atoms. The van der Waals surface area contributed by atoms with Crippen LogP contribution in [-0.2, 0) is 22.4 Å². The minimum Gasteiger partial charge on any atom is -0.426 e. The Hall–Kier alpha value is -1.84. The maximum Gasteiger partial charge on any atom is 0.311 e. The number of carbonyl (C=O) groups excluding carboxylic acids is 2. The Morgan fingerprint density at radius 3 is 1.60 bits per heavy atom. The molecule has 0 radical (unpaired) electrons. The molecule has 2 aliphatic rings. The lowest BCUT2D eigenvalue weighted by Gasteiger charge is -2.12. The summed E-state index contributed by atoms with van der Waals surface area (Å²) in [6.45, 7) is 4.05. The Labute approximate surface area is 118 Å². The van der Waals surface area contributed by atoms with Crippen LogP contribution < -0.4 is 9.47 Å². The molecule has 1 aromatic carbocycles. The summed E-state index contributed by atoms with van der Waals surface area (Å²) in [5.41, 5.74) is 1.90. The Balaban J connectivity index is 2.04. The van der Waals surface area contributed by atoms with Crippen LogP contribution in [-0.4, -0.2) is 11.9 Å². The molecule has 0 N–H and O–H groups in total. The lowest BCUT2D eigenvalue weighted by Crippen LogP contribution is -2.09. The molecule has 1 aromatic rings. The number of ether oxygens (including phenoxy) is 2. The summed E-state index contributed by atoms with van der Waals surface area (Å²) >= 11 is 0. The molecule has 0 saturated carbocycles. The van der Waals surface area contributed by atoms with Gasteiger partial charge in [-0.05, 0) is 47.9 Å². The van der Waals surface area contributed by atoms with Crippen molar-refractivity contribution in [1.29, 1.82) is 0 Å². The first kappa shape index (κ1) is 13.2. The van der Waals surface area contributed by atoms with E-state index in [-0.39, 0.29) is 23.8 Å². The van der Waals surface area contributed by atoms with Crippen LogP contribution in [0.2, 0.25) is 0 Å². The van der Waals surface area contributed by atoms with Crippen LogP contribution in [0.3, 0.4) is 0 Å². The fourth-order valence-corrected chi connectivity index (χ4v) is 2.95. The summed E-state index contributed by atoms with van der Waals surface area (Å²) in [7, 11) is 0. The molecular formula is C16H18O4. The van der Waals surface area contributed by atoms with E-state index >= 15 is 0 Å². The van der Waals surface area contributed by atoms with Gasteiger partial charge in [0.2, 0.25) is 0 Å². The molecule has 4 nitrogen and oxygen atoms in total. The molecule has 4 heteroatoms. The topological polar surface area (TPSA) is 52.6 Å². The van der Waals surface area contributed by atoms with Gasteiger partial charge in [-0.25, -0.2) is 0 Å². The largest absolute Gasteiger partial charge is 0.426 e. The summed E-state index contributed by atoms with van der Waals surface area (Å²) in [6.07, 6.45) is 2.38. The van der Waals surface area contributed by atoms with E-state index in [4.69, 9.17) is 9.47 Å².